The Morgan fingerprint density at radius 1 is 1.24 bits per heavy atom. The summed E-state index contributed by atoms with van der Waals surface area (Å²) in [6.07, 6.45) is 0.534. The van der Waals surface area contributed by atoms with Crippen LogP contribution in [0.1, 0.15) is 24.4 Å². The van der Waals surface area contributed by atoms with E-state index < -0.39 is 6.04 Å². The van der Waals surface area contributed by atoms with Crippen molar-refractivity contribution < 1.29 is 14.3 Å². The summed E-state index contributed by atoms with van der Waals surface area (Å²) < 4.78 is 7.34. The highest BCUT2D eigenvalue weighted by Crippen LogP contribution is 2.33. The summed E-state index contributed by atoms with van der Waals surface area (Å²) in [5.74, 6) is 1.05. The topological polar surface area (TPSA) is 85.2 Å². The van der Waals surface area contributed by atoms with E-state index in [2.05, 4.69) is 15.6 Å². The Labute approximate surface area is 172 Å². The standard InChI is InChI=1S/C21H20N4O3S/c1-28-17-9-5-2-6-13(17)12-22-18(26)11-10-16-20(27)24-19-14-7-3-4-8-15(14)23-21(29)25(16)19/h2-9,16H,10-12H2,1H3,(H,22,26)(H,24,27). The van der Waals surface area contributed by atoms with Gasteiger partial charge >= 0.3 is 0 Å². The second-order valence-corrected chi connectivity index (χ2v) is 7.13. The third kappa shape index (κ3) is 3.71. The van der Waals surface area contributed by atoms with Crippen LogP contribution in [-0.4, -0.2) is 28.5 Å². The molecule has 29 heavy (non-hydrogen) atoms. The van der Waals surface area contributed by atoms with E-state index >= 15 is 0 Å². The molecule has 1 aromatic heterocycles. The van der Waals surface area contributed by atoms with Crippen LogP contribution in [0.4, 0.5) is 5.82 Å². The zero-order valence-electron chi connectivity index (χ0n) is 15.8. The quantitative estimate of drug-likeness (QED) is 0.611. The van der Waals surface area contributed by atoms with Gasteiger partial charge in [-0.1, -0.05) is 30.3 Å². The van der Waals surface area contributed by atoms with Crippen LogP contribution in [0.3, 0.4) is 0 Å². The fourth-order valence-corrected chi connectivity index (χ4v) is 3.86. The molecule has 7 nitrogen and oxygen atoms in total. The monoisotopic (exact) mass is 408 g/mol. The first kappa shape index (κ1) is 19.1. The maximum Gasteiger partial charge on any atom is 0.248 e. The van der Waals surface area contributed by atoms with Crippen LogP contribution in [-0.2, 0) is 16.1 Å². The first-order valence-corrected chi connectivity index (χ1v) is 9.70. The third-order valence-electron chi connectivity index (χ3n) is 4.99. The van der Waals surface area contributed by atoms with E-state index in [9.17, 15) is 9.59 Å². The minimum Gasteiger partial charge on any atom is -0.496 e. The van der Waals surface area contributed by atoms with E-state index in [-0.39, 0.29) is 18.2 Å². The summed E-state index contributed by atoms with van der Waals surface area (Å²) in [7, 11) is 1.60. The molecular weight excluding hydrogens is 388 g/mol. The molecule has 148 valence electrons. The number of ether oxygens (including phenoxy) is 1. The molecule has 0 spiro atoms. The van der Waals surface area contributed by atoms with Gasteiger partial charge in [0, 0.05) is 23.9 Å². The Hall–Kier alpha value is -3.26. The number of methoxy groups -OCH3 is 1. The number of fused-ring (bicyclic) bond motifs is 3. The van der Waals surface area contributed by atoms with E-state index in [4.69, 9.17) is 17.0 Å². The molecule has 0 saturated heterocycles. The Balaban J connectivity index is 1.46. The molecule has 2 aromatic carbocycles. The van der Waals surface area contributed by atoms with Gasteiger partial charge < -0.3 is 15.4 Å². The summed E-state index contributed by atoms with van der Waals surface area (Å²) in [6, 6.07) is 14.5. The van der Waals surface area contributed by atoms with Crippen LogP contribution >= 0.6 is 12.2 Å². The predicted octanol–water partition coefficient (Wildman–Crippen LogP) is 3.36. The average Bonchev–Trinajstić information content (AvgIpc) is 3.08. The van der Waals surface area contributed by atoms with E-state index in [0.29, 0.717) is 23.6 Å². The number of para-hydroxylation sites is 2. The first-order chi connectivity index (χ1) is 14.1. The van der Waals surface area contributed by atoms with Crippen molar-refractivity contribution in [2.75, 3.05) is 12.4 Å². The molecule has 2 N–H and O–H groups in total. The summed E-state index contributed by atoms with van der Waals surface area (Å²) in [4.78, 5) is 29.3. The number of hydrogen-bond donors (Lipinski definition) is 2. The highest BCUT2D eigenvalue weighted by atomic mass is 32.1. The van der Waals surface area contributed by atoms with E-state index in [1.165, 1.54) is 0 Å². The van der Waals surface area contributed by atoms with E-state index in [1.807, 2.05) is 48.5 Å². The lowest BCUT2D eigenvalue weighted by Crippen LogP contribution is -2.25. The van der Waals surface area contributed by atoms with Crippen molar-refractivity contribution in [3.63, 3.8) is 0 Å². The zero-order chi connectivity index (χ0) is 20.4. The van der Waals surface area contributed by atoms with Crippen molar-refractivity contribution in [3.8, 4) is 5.75 Å². The second kappa shape index (κ2) is 8.00. The van der Waals surface area contributed by atoms with Crippen molar-refractivity contribution in [3.05, 3.63) is 58.9 Å². The smallest absolute Gasteiger partial charge is 0.248 e. The molecule has 0 saturated carbocycles. The molecule has 0 aliphatic carbocycles. The summed E-state index contributed by atoms with van der Waals surface area (Å²) in [6.45, 7) is 0.363. The molecule has 1 aliphatic heterocycles. The lowest BCUT2D eigenvalue weighted by Gasteiger charge is -2.13. The SMILES string of the molecule is COc1ccccc1CNC(=O)CCC1C(=O)Nc2c3ccccc3nc(=S)n21. The lowest BCUT2D eigenvalue weighted by atomic mass is 10.1. The fourth-order valence-electron chi connectivity index (χ4n) is 3.55. The Kier molecular flexibility index (Phi) is 5.26. The van der Waals surface area contributed by atoms with Crippen molar-refractivity contribution in [2.24, 2.45) is 0 Å². The first-order valence-electron chi connectivity index (χ1n) is 9.29. The van der Waals surface area contributed by atoms with Gasteiger partial charge in [0.05, 0.1) is 12.6 Å². The number of carbonyl (C=O) groups is 2. The van der Waals surface area contributed by atoms with Gasteiger partial charge in [-0.2, -0.15) is 0 Å². The predicted molar refractivity (Wildman–Crippen MR) is 112 cm³/mol. The van der Waals surface area contributed by atoms with Crippen LogP contribution in [0.15, 0.2) is 48.5 Å². The van der Waals surface area contributed by atoms with Crippen LogP contribution in [0.25, 0.3) is 10.9 Å². The fraction of sp³-hybridized carbons (Fsp3) is 0.238. The van der Waals surface area contributed by atoms with Crippen molar-refractivity contribution in [1.82, 2.24) is 14.9 Å². The third-order valence-corrected chi connectivity index (χ3v) is 5.28. The number of amides is 2. The Bertz CT molecular complexity index is 1160. The van der Waals surface area contributed by atoms with Crippen LogP contribution in [0.5, 0.6) is 5.75 Å². The lowest BCUT2D eigenvalue weighted by molar-refractivity contribution is -0.122. The van der Waals surface area contributed by atoms with E-state index in [1.54, 1.807) is 11.7 Å². The van der Waals surface area contributed by atoms with Crippen LogP contribution in [0.2, 0.25) is 0 Å². The molecule has 1 atom stereocenters. The Morgan fingerprint density at radius 3 is 2.83 bits per heavy atom. The average molecular weight is 408 g/mol. The van der Waals surface area contributed by atoms with Crippen LogP contribution < -0.4 is 15.4 Å². The van der Waals surface area contributed by atoms with Gasteiger partial charge in [0.1, 0.15) is 17.6 Å². The number of aromatic nitrogens is 2. The van der Waals surface area contributed by atoms with Gasteiger partial charge in [-0.3, -0.25) is 14.2 Å². The number of nitrogens with one attached hydrogen (secondary N) is 2. The maximum absolute atomic E-state index is 12.5. The highest BCUT2D eigenvalue weighted by molar-refractivity contribution is 7.71. The molecule has 1 unspecified atom stereocenters. The molecule has 2 heterocycles. The van der Waals surface area contributed by atoms with Crippen LogP contribution in [0, 0.1) is 4.77 Å². The molecule has 4 rings (SSSR count). The number of anilines is 1. The minimum absolute atomic E-state index is 0.141. The van der Waals surface area contributed by atoms with Gasteiger partial charge in [0.15, 0.2) is 0 Å². The molecule has 2 amide bonds. The second-order valence-electron chi connectivity index (χ2n) is 6.76. The number of hydrogen-bond acceptors (Lipinski definition) is 5. The number of nitrogens with zero attached hydrogens (tertiary/aromatic N) is 2. The summed E-state index contributed by atoms with van der Waals surface area (Å²) in [5.41, 5.74) is 1.63. The van der Waals surface area contributed by atoms with Crippen molar-refractivity contribution in [2.45, 2.75) is 25.4 Å². The molecule has 1 aliphatic rings. The van der Waals surface area contributed by atoms with Gasteiger partial charge in [0.2, 0.25) is 16.6 Å². The van der Waals surface area contributed by atoms with Crippen molar-refractivity contribution in [1.29, 1.82) is 0 Å². The highest BCUT2D eigenvalue weighted by Gasteiger charge is 2.32. The molecule has 8 heteroatoms. The maximum atomic E-state index is 12.5. The minimum atomic E-state index is -0.549. The molecule has 0 fully saturated rings. The number of rotatable bonds is 6. The molecule has 0 bridgehead atoms. The zero-order valence-corrected chi connectivity index (χ0v) is 16.7. The van der Waals surface area contributed by atoms with Gasteiger partial charge in [-0.05, 0) is 36.8 Å². The van der Waals surface area contributed by atoms with E-state index in [0.717, 1.165) is 22.2 Å². The normalized spacial score (nSPS) is 15.1. The molecular formula is C21H20N4O3S. The summed E-state index contributed by atoms with van der Waals surface area (Å²) in [5, 5.41) is 6.61. The number of carbonyl (C=O) groups excluding carboxylic acids is 2. The van der Waals surface area contributed by atoms with Gasteiger partial charge in [0.25, 0.3) is 0 Å². The molecule has 3 aromatic rings. The largest absolute Gasteiger partial charge is 0.496 e. The van der Waals surface area contributed by atoms with Gasteiger partial charge in [-0.25, -0.2) is 4.98 Å². The summed E-state index contributed by atoms with van der Waals surface area (Å²) >= 11 is 5.40. The van der Waals surface area contributed by atoms with Crippen molar-refractivity contribution >= 4 is 40.8 Å². The number of benzene rings is 2. The molecule has 0 radical (unpaired) electrons. The van der Waals surface area contributed by atoms with Gasteiger partial charge in [-0.15, -0.1) is 0 Å². The Morgan fingerprint density at radius 2 is 2.00 bits per heavy atom.